The standard InChI is InChI=1S/C19H18Cl2N6/c1-25-13(12-8-4-2-5-9-12)15(20)27-14-16(23-19(25)27)22-18(21)24-17(14)26-10-6-3-7-11-26/h2,4-5,8-9H,3,6-7,10-11H2,1H3. The van der Waals surface area contributed by atoms with E-state index < -0.39 is 0 Å². The molecule has 1 aliphatic rings. The predicted molar refractivity (Wildman–Crippen MR) is 109 cm³/mol. The number of benzene rings is 1. The second-order valence-corrected chi connectivity index (χ2v) is 7.54. The summed E-state index contributed by atoms with van der Waals surface area (Å²) in [5.41, 5.74) is 3.35. The maximum atomic E-state index is 6.86. The number of nitrogens with zero attached hydrogens (tertiary/aromatic N) is 6. The van der Waals surface area contributed by atoms with Crippen LogP contribution in [0, 0.1) is 0 Å². The van der Waals surface area contributed by atoms with Crippen LogP contribution in [0.4, 0.5) is 5.82 Å². The topological polar surface area (TPSA) is 51.2 Å². The number of hydrogen-bond acceptors (Lipinski definition) is 4. The molecule has 0 spiro atoms. The summed E-state index contributed by atoms with van der Waals surface area (Å²) in [6.07, 6.45) is 3.52. The number of halogens is 2. The Kier molecular flexibility index (Phi) is 3.98. The van der Waals surface area contributed by atoms with Crippen molar-refractivity contribution in [1.29, 1.82) is 0 Å². The number of imidazole rings is 2. The molecule has 0 unspecified atom stereocenters. The minimum absolute atomic E-state index is 0.214. The van der Waals surface area contributed by atoms with E-state index in [0.717, 1.165) is 54.3 Å². The number of anilines is 1. The number of aryl methyl sites for hydroxylation is 1. The first kappa shape index (κ1) is 16.8. The molecule has 8 heteroatoms. The summed E-state index contributed by atoms with van der Waals surface area (Å²) in [5, 5.41) is 0.816. The number of hydrogen-bond donors (Lipinski definition) is 0. The van der Waals surface area contributed by atoms with Gasteiger partial charge in [0.25, 0.3) is 0 Å². The molecule has 0 atom stereocenters. The number of fused-ring (bicyclic) bond motifs is 3. The summed E-state index contributed by atoms with van der Waals surface area (Å²) in [6, 6.07) is 10.1. The van der Waals surface area contributed by atoms with E-state index in [0.29, 0.717) is 10.8 Å². The van der Waals surface area contributed by atoms with Gasteiger partial charge in [-0.1, -0.05) is 41.9 Å². The summed E-state index contributed by atoms with van der Waals surface area (Å²) >= 11 is 13.1. The highest BCUT2D eigenvalue weighted by Crippen LogP contribution is 2.36. The van der Waals surface area contributed by atoms with Gasteiger partial charge in [-0.25, -0.2) is 0 Å². The maximum Gasteiger partial charge on any atom is 0.226 e. The molecular formula is C19H18Cl2N6. The van der Waals surface area contributed by atoms with Crippen molar-refractivity contribution < 1.29 is 0 Å². The molecule has 0 N–H and O–H groups in total. The van der Waals surface area contributed by atoms with Crippen LogP contribution < -0.4 is 4.90 Å². The van der Waals surface area contributed by atoms with Crippen molar-refractivity contribution in [3.05, 3.63) is 40.8 Å². The summed E-state index contributed by atoms with van der Waals surface area (Å²) in [7, 11) is 1.96. The summed E-state index contributed by atoms with van der Waals surface area (Å²) in [6.45, 7) is 1.90. The molecule has 0 aliphatic carbocycles. The smallest absolute Gasteiger partial charge is 0.226 e. The third-order valence-electron chi connectivity index (χ3n) is 5.18. The fraction of sp³-hybridized carbons (Fsp3) is 0.316. The molecule has 0 amide bonds. The Labute approximate surface area is 166 Å². The largest absolute Gasteiger partial charge is 0.355 e. The first-order chi connectivity index (χ1) is 13.1. The molecule has 1 saturated heterocycles. The van der Waals surface area contributed by atoms with Gasteiger partial charge in [-0.3, -0.25) is 4.40 Å². The maximum absolute atomic E-state index is 6.86. The lowest BCUT2D eigenvalue weighted by Crippen LogP contribution is -2.30. The molecular weight excluding hydrogens is 383 g/mol. The average molecular weight is 401 g/mol. The molecule has 138 valence electrons. The fourth-order valence-electron chi connectivity index (χ4n) is 3.92. The molecule has 1 fully saturated rings. The van der Waals surface area contributed by atoms with Gasteiger partial charge in [-0.05, 0) is 30.9 Å². The Morgan fingerprint density at radius 3 is 2.41 bits per heavy atom. The van der Waals surface area contributed by atoms with Gasteiger partial charge in [-0.2, -0.15) is 15.0 Å². The second-order valence-electron chi connectivity index (χ2n) is 6.85. The number of aromatic nitrogens is 5. The summed E-state index contributed by atoms with van der Waals surface area (Å²) in [5.74, 6) is 1.54. The third kappa shape index (κ3) is 2.58. The van der Waals surface area contributed by atoms with Gasteiger partial charge in [0.15, 0.2) is 11.5 Å². The molecule has 0 saturated carbocycles. The molecule has 4 aromatic rings. The molecule has 1 aromatic carbocycles. The molecule has 6 nitrogen and oxygen atoms in total. The van der Waals surface area contributed by atoms with Gasteiger partial charge < -0.3 is 9.47 Å². The highest BCUT2D eigenvalue weighted by molar-refractivity contribution is 6.33. The monoisotopic (exact) mass is 400 g/mol. The SMILES string of the molecule is Cn1c(-c2ccccc2)c(Cl)n2c3c(N4CCCCC4)nc(Cl)nc3nc12. The zero-order valence-corrected chi connectivity index (χ0v) is 16.4. The van der Waals surface area contributed by atoms with Crippen molar-refractivity contribution in [3.8, 4) is 11.3 Å². The Morgan fingerprint density at radius 1 is 0.926 bits per heavy atom. The van der Waals surface area contributed by atoms with Crippen LogP contribution in [0.2, 0.25) is 10.4 Å². The van der Waals surface area contributed by atoms with Crippen LogP contribution in [0.5, 0.6) is 0 Å². The van der Waals surface area contributed by atoms with E-state index in [1.807, 2.05) is 46.3 Å². The van der Waals surface area contributed by atoms with E-state index in [2.05, 4.69) is 14.9 Å². The lowest BCUT2D eigenvalue weighted by Gasteiger charge is -2.28. The van der Waals surface area contributed by atoms with E-state index in [1.54, 1.807) is 0 Å². The molecule has 5 rings (SSSR count). The normalized spacial score (nSPS) is 15.1. The van der Waals surface area contributed by atoms with E-state index in [-0.39, 0.29) is 5.28 Å². The predicted octanol–water partition coefficient (Wildman–Crippen LogP) is 4.58. The minimum atomic E-state index is 0.214. The first-order valence-electron chi connectivity index (χ1n) is 9.05. The van der Waals surface area contributed by atoms with Crippen molar-refractivity contribution in [2.75, 3.05) is 18.0 Å². The van der Waals surface area contributed by atoms with Crippen LogP contribution in [0.3, 0.4) is 0 Å². The van der Waals surface area contributed by atoms with Gasteiger partial charge in [0.05, 0.1) is 5.69 Å². The van der Waals surface area contributed by atoms with Gasteiger partial charge in [0, 0.05) is 25.7 Å². The Balaban J connectivity index is 1.83. The average Bonchev–Trinajstić information content (AvgIpc) is 3.18. The lowest BCUT2D eigenvalue weighted by atomic mass is 10.1. The summed E-state index contributed by atoms with van der Waals surface area (Å²) in [4.78, 5) is 15.9. The van der Waals surface area contributed by atoms with Crippen molar-refractivity contribution in [2.24, 2.45) is 7.05 Å². The quantitative estimate of drug-likeness (QED) is 0.462. The number of rotatable bonds is 2. The molecule has 0 bridgehead atoms. The van der Waals surface area contributed by atoms with Gasteiger partial charge >= 0.3 is 0 Å². The van der Waals surface area contributed by atoms with Crippen LogP contribution in [0.25, 0.3) is 28.2 Å². The molecule has 27 heavy (non-hydrogen) atoms. The van der Waals surface area contributed by atoms with Crippen LogP contribution >= 0.6 is 23.2 Å². The van der Waals surface area contributed by atoms with Crippen LogP contribution in [-0.2, 0) is 7.05 Å². The molecule has 0 radical (unpaired) electrons. The number of piperidine rings is 1. The van der Waals surface area contributed by atoms with Crippen molar-refractivity contribution >= 4 is 46.0 Å². The highest BCUT2D eigenvalue weighted by Gasteiger charge is 2.25. The molecule has 1 aliphatic heterocycles. The van der Waals surface area contributed by atoms with E-state index in [9.17, 15) is 0 Å². The van der Waals surface area contributed by atoms with Crippen LogP contribution in [-0.4, -0.2) is 37.0 Å². The molecule has 3 aromatic heterocycles. The van der Waals surface area contributed by atoms with E-state index >= 15 is 0 Å². The Morgan fingerprint density at radius 2 is 1.67 bits per heavy atom. The Bertz CT molecular complexity index is 1140. The second kappa shape index (κ2) is 6.39. The van der Waals surface area contributed by atoms with Crippen molar-refractivity contribution in [2.45, 2.75) is 19.3 Å². The van der Waals surface area contributed by atoms with Crippen LogP contribution in [0.1, 0.15) is 19.3 Å². The first-order valence-corrected chi connectivity index (χ1v) is 9.81. The van der Waals surface area contributed by atoms with Crippen molar-refractivity contribution in [1.82, 2.24) is 23.9 Å². The third-order valence-corrected chi connectivity index (χ3v) is 5.70. The zero-order chi connectivity index (χ0) is 18.5. The fourth-order valence-corrected chi connectivity index (χ4v) is 4.47. The summed E-state index contributed by atoms with van der Waals surface area (Å²) < 4.78 is 3.94. The minimum Gasteiger partial charge on any atom is -0.355 e. The lowest BCUT2D eigenvalue weighted by molar-refractivity contribution is 0.574. The van der Waals surface area contributed by atoms with Crippen molar-refractivity contribution in [3.63, 3.8) is 0 Å². The Hall–Kier alpha value is -2.31. The highest BCUT2D eigenvalue weighted by atomic mass is 35.5. The van der Waals surface area contributed by atoms with Gasteiger partial charge in [0.2, 0.25) is 11.1 Å². The van der Waals surface area contributed by atoms with E-state index in [4.69, 9.17) is 28.2 Å². The molecule has 4 heterocycles. The van der Waals surface area contributed by atoms with Crippen LogP contribution in [0.15, 0.2) is 30.3 Å². The van der Waals surface area contributed by atoms with Gasteiger partial charge in [-0.15, -0.1) is 0 Å². The zero-order valence-electron chi connectivity index (χ0n) is 14.9. The van der Waals surface area contributed by atoms with E-state index in [1.165, 1.54) is 6.42 Å². The van der Waals surface area contributed by atoms with Gasteiger partial charge in [0.1, 0.15) is 10.7 Å².